The largest absolute Gasteiger partial charge is 0.445 e. The third-order valence-corrected chi connectivity index (χ3v) is 8.44. The highest BCUT2D eigenvalue weighted by Crippen LogP contribution is 2.20. The molecule has 9 nitrogen and oxygen atoms in total. The Balaban J connectivity index is 0.000000218. The topological polar surface area (TPSA) is 113 Å². The Labute approximate surface area is 239 Å². The number of piperidine rings is 2. The minimum absolute atomic E-state index is 0.190. The highest BCUT2D eigenvalue weighted by Gasteiger charge is 2.27. The van der Waals surface area contributed by atoms with Crippen LogP contribution in [0.3, 0.4) is 0 Å². The van der Waals surface area contributed by atoms with E-state index in [0.29, 0.717) is 38.5 Å². The van der Waals surface area contributed by atoms with Crippen LogP contribution in [0.5, 0.6) is 0 Å². The zero-order valence-electron chi connectivity index (χ0n) is 22.0. The van der Waals surface area contributed by atoms with Gasteiger partial charge in [0.1, 0.15) is 13.2 Å². The zero-order valence-corrected chi connectivity index (χ0v) is 24.4. The standard InChI is InChI=1S/C14H18BrNO2.C14H19NO5S/c15-9-13-7-4-8-16(10-13)14(17)18-11-12-5-2-1-3-6-12;16-14(20-10-12-5-2-1-3-6-12)15-8-4-7-13(9-15)11-21(17,18)19/h1-3,5-6,13H,4,7-11H2;1-3,5-6,13H,4,7-11H2,(H,17,18,19). The van der Waals surface area contributed by atoms with Gasteiger partial charge in [-0.2, -0.15) is 8.42 Å². The van der Waals surface area contributed by atoms with Gasteiger partial charge in [-0.1, -0.05) is 76.6 Å². The average Bonchev–Trinajstić information content (AvgIpc) is 2.95. The summed E-state index contributed by atoms with van der Waals surface area (Å²) >= 11 is 3.48. The lowest BCUT2D eigenvalue weighted by Crippen LogP contribution is -2.42. The molecule has 4 rings (SSSR count). The smallest absolute Gasteiger partial charge is 0.410 e. The molecule has 2 aromatic rings. The van der Waals surface area contributed by atoms with Gasteiger partial charge in [-0.15, -0.1) is 0 Å². The molecule has 2 heterocycles. The van der Waals surface area contributed by atoms with Gasteiger partial charge >= 0.3 is 12.2 Å². The van der Waals surface area contributed by atoms with Crippen LogP contribution in [0.2, 0.25) is 0 Å². The predicted octanol–water partition coefficient (Wildman–Crippen LogP) is 5.35. The Morgan fingerprint density at radius 1 is 0.795 bits per heavy atom. The number of amides is 2. The number of alkyl halides is 1. The quantitative estimate of drug-likeness (QED) is 0.326. The van der Waals surface area contributed by atoms with Gasteiger partial charge in [-0.25, -0.2) is 9.59 Å². The van der Waals surface area contributed by atoms with E-state index < -0.39 is 16.2 Å². The fourth-order valence-electron chi connectivity index (χ4n) is 4.64. The van der Waals surface area contributed by atoms with E-state index in [1.807, 2.05) is 65.6 Å². The van der Waals surface area contributed by atoms with Gasteiger partial charge in [0.15, 0.2) is 0 Å². The molecule has 11 heteroatoms. The van der Waals surface area contributed by atoms with Crippen molar-refractivity contribution in [1.29, 1.82) is 0 Å². The summed E-state index contributed by atoms with van der Waals surface area (Å²) in [5.41, 5.74) is 1.93. The Bertz CT molecular complexity index is 1140. The SMILES string of the molecule is O=C(OCc1ccccc1)N1CCCC(CBr)C1.O=C(OCc1ccccc1)N1CCCC(CS(=O)(=O)O)C1. The molecule has 2 amide bonds. The normalized spacial score (nSPS) is 19.4. The third-order valence-electron chi connectivity index (χ3n) is 6.63. The minimum atomic E-state index is -4.01. The van der Waals surface area contributed by atoms with Crippen molar-refractivity contribution in [3.05, 3.63) is 71.8 Å². The van der Waals surface area contributed by atoms with Crippen LogP contribution >= 0.6 is 15.9 Å². The first kappa shape index (κ1) is 30.9. The number of nitrogens with zero attached hydrogens (tertiary/aromatic N) is 2. The van der Waals surface area contributed by atoms with E-state index in [0.717, 1.165) is 36.0 Å². The lowest BCUT2D eigenvalue weighted by molar-refractivity contribution is 0.0808. The second kappa shape index (κ2) is 15.8. The zero-order chi connectivity index (χ0) is 28.1. The van der Waals surface area contributed by atoms with Crippen molar-refractivity contribution in [3.63, 3.8) is 0 Å². The van der Waals surface area contributed by atoms with Gasteiger partial charge in [0.05, 0.1) is 5.75 Å². The Hall–Kier alpha value is -2.63. The monoisotopic (exact) mass is 624 g/mol. The van der Waals surface area contributed by atoms with Gasteiger partial charge in [-0.3, -0.25) is 4.55 Å². The molecule has 1 N–H and O–H groups in total. The maximum absolute atomic E-state index is 12.0. The van der Waals surface area contributed by atoms with Crippen LogP contribution in [0.15, 0.2) is 60.7 Å². The first-order valence-corrected chi connectivity index (χ1v) is 15.9. The summed E-state index contributed by atoms with van der Waals surface area (Å²) in [7, 11) is -4.01. The maximum Gasteiger partial charge on any atom is 0.410 e. The number of halogens is 1. The first-order valence-electron chi connectivity index (χ1n) is 13.2. The summed E-state index contributed by atoms with van der Waals surface area (Å²) < 4.78 is 41.3. The number of ether oxygens (including phenoxy) is 2. The van der Waals surface area contributed by atoms with E-state index >= 15 is 0 Å². The molecule has 0 bridgehead atoms. The molecule has 214 valence electrons. The molecule has 2 unspecified atom stereocenters. The van der Waals surface area contributed by atoms with Crippen LogP contribution in [0.25, 0.3) is 0 Å². The van der Waals surface area contributed by atoms with E-state index in [1.165, 1.54) is 11.3 Å². The molecule has 2 aromatic carbocycles. The third kappa shape index (κ3) is 11.6. The number of benzene rings is 2. The minimum Gasteiger partial charge on any atom is -0.445 e. The van der Waals surface area contributed by atoms with Crippen LogP contribution in [0.4, 0.5) is 9.59 Å². The molecule has 0 radical (unpaired) electrons. The van der Waals surface area contributed by atoms with Gasteiger partial charge in [-0.05, 0) is 48.6 Å². The highest BCUT2D eigenvalue weighted by molar-refractivity contribution is 9.09. The maximum atomic E-state index is 12.0. The molecule has 2 aliphatic rings. The van der Waals surface area contributed by atoms with Crippen molar-refractivity contribution < 1.29 is 32.0 Å². The van der Waals surface area contributed by atoms with Crippen LogP contribution in [0.1, 0.15) is 36.8 Å². The van der Waals surface area contributed by atoms with Gasteiger partial charge in [0.2, 0.25) is 0 Å². The van der Waals surface area contributed by atoms with E-state index in [9.17, 15) is 18.0 Å². The van der Waals surface area contributed by atoms with Crippen molar-refractivity contribution in [2.24, 2.45) is 11.8 Å². The molecular weight excluding hydrogens is 588 g/mol. The molecule has 39 heavy (non-hydrogen) atoms. The fourth-order valence-corrected chi connectivity index (χ4v) is 6.04. The number of hydrogen-bond acceptors (Lipinski definition) is 6. The Morgan fingerprint density at radius 3 is 1.67 bits per heavy atom. The second-order valence-electron chi connectivity index (χ2n) is 9.89. The lowest BCUT2D eigenvalue weighted by atomic mass is 10.0. The van der Waals surface area contributed by atoms with Gasteiger partial charge in [0, 0.05) is 31.5 Å². The molecule has 0 aromatic heterocycles. The van der Waals surface area contributed by atoms with Gasteiger partial charge < -0.3 is 19.3 Å². The van der Waals surface area contributed by atoms with Gasteiger partial charge in [0.25, 0.3) is 10.1 Å². The summed E-state index contributed by atoms with van der Waals surface area (Å²) in [6, 6.07) is 19.1. The van der Waals surface area contributed by atoms with Crippen LogP contribution in [-0.2, 0) is 32.8 Å². The number of carbonyl (C=O) groups is 2. The van der Waals surface area contributed by atoms with Crippen molar-refractivity contribution in [2.75, 3.05) is 37.3 Å². The average molecular weight is 626 g/mol. The number of likely N-dealkylation sites (tertiary alicyclic amines) is 2. The predicted molar refractivity (Wildman–Crippen MR) is 152 cm³/mol. The number of hydrogen-bond donors (Lipinski definition) is 1. The molecule has 2 aliphatic heterocycles. The van der Waals surface area contributed by atoms with Crippen LogP contribution in [0, 0.1) is 11.8 Å². The van der Waals surface area contributed by atoms with E-state index in [4.69, 9.17) is 14.0 Å². The van der Waals surface area contributed by atoms with E-state index in [2.05, 4.69) is 15.9 Å². The summed E-state index contributed by atoms with van der Waals surface area (Å²) in [6.45, 7) is 3.02. The van der Waals surface area contributed by atoms with Crippen molar-refractivity contribution in [2.45, 2.75) is 38.9 Å². The van der Waals surface area contributed by atoms with Crippen LogP contribution < -0.4 is 0 Å². The second-order valence-corrected chi connectivity index (χ2v) is 12.0. The summed E-state index contributed by atoms with van der Waals surface area (Å²) in [5.74, 6) is 0.0104. The number of rotatable bonds is 7. The van der Waals surface area contributed by atoms with Crippen molar-refractivity contribution in [3.8, 4) is 0 Å². The van der Waals surface area contributed by atoms with Crippen LogP contribution in [-0.4, -0.2) is 72.2 Å². The molecular formula is C28H37BrN2O7S. The Kier molecular flexibility index (Phi) is 12.5. The lowest BCUT2D eigenvalue weighted by Gasteiger charge is -2.31. The van der Waals surface area contributed by atoms with E-state index in [-0.39, 0.29) is 24.4 Å². The molecule has 0 saturated carbocycles. The molecule has 2 saturated heterocycles. The summed E-state index contributed by atoms with van der Waals surface area (Å²) in [6.07, 6.45) is 3.01. The molecule has 2 atom stereocenters. The molecule has 2 fully saturated rings. The molecule has 0 spiro atoms. The highest BCUT2D eigenvalue weighted by atomic mass is 79.9. The van der Waals surface area contributed by atoms with Crippen molar-refractivity contribution in [1.82, 2.24) is 9.80 Å². The number of carbonyl (C=O) groups excluding carboxylic acids is 2. The fraction of sp³-hybridized carbons (Fsp3) is 0.500. The first-order chi connectivity index (χ1) is 18.7. The summed E-state index contributed by atoms with van der Waals surface area (Å²) in [5, 5.41) is 0.954. The summed E-state index contributed by atoms with van der Waals surface area (Å²) in [4.78, 5) is 27.2. The molecule has 0 aliphatic carbocycles. The van der Waals surface area contributed by atoms with Crippen molar-refractivity contribution >= 4 is 38.2 Å². The van der Waals surface area contributed by atoms with E-state index in [1.54, 1.807) is 0 Å². The Morgan fingerprint density at radius 2 is 1.23 bits per heavy atom.